The molecule has 0 aromatic heterocycles. The van der Waals surface area contributed by atoms with Crippen LogP contribution >= 0.6 is 0 Å². The van der Waals surface area contributed by atoms with Gasteiger partial charge in [-0.1, -0.05) is 0 Å². The van der Waals surface area contributed by atoms with Crippen molar-refractivity contribution in [1.29, 1.82) is 0 Å². The predicted molar refractivity (Wildman–Crippen MR) is 56.4 cm³/mol. The van der Waals surface area contributed by atoms with Crippen LogP contribution in [0.4, 0.5) is 0 Å². The number of aliphatic hydroxyl groups excluding tert-OH is 1. The molecule has 1 atom stereocenters. The first-order valence-electron chi connectivity index (χ1n) is 5.50. The largest absolute Gasteiger partial charge is 0.392 e. The Morgan fingerprint density at radius 3 is 2.93 bits per heavy atom. The van der Waals surface area contributed by atoms with Crippen LogP contribution in [-0.2, 0) is 0 Å². The minimum Gasteiger partial charge on any atom is -0.392 e. The van der Waals surface area contributed by atoms with Crippen LogP contribution in [0.25, 0.3) is 0 Å². The van der Waals surface area contributed by atoms with E-state index in [1.165, 1.54) is 12.8 Å². The SMILES string of the molecule is CC(O)CN1CCCN2CCCN=C21. The third kappa shape index (κ3) is 2.00. The third-order valence-electron chi connectivity index (χ3n) is 2.75. The van der Waals surface area contributed by atoms with Crippen LogP contribution in [0.1, 0.15) is 19.8 Å². The molecular weight excluding hydrogens is 178 g/mol. The van der Waals surface area contributed by atoms with Crippen LogP contribution in [0.15, 0.2) is 4.99 Å². The lowest BCUT2D eigenvalue weighted by atomic mass is 10.2. The van der Waals surface area contributed by atoms with Gasteiger partial charge in [0.25, 0.3) is 0 Å². The third-order valence-corrected chi connectivity index (χ3v) is 2.75. The van der Waals surface area contributed by atoms with Gasteiger partial charge in [-0.05, 0) is 19.8 Å². The Balaban J connectivity index is 2.04. The van der Waals surface area contributed by atoms with Crippen molar-refractivity contribution in [2.45, 2.75) is 25.9 Å². The summed E-state index contributed by atoms with van der Waals surface area (Å²) in [7, 11) is 0. The molecule has 0 radical (unpaired) electrons. The number of aliphatic imine (C=N–C) groups is 1. The predicted octanol–water partition coefficient (Wildman–Crippen LogP) is 0.135. The first-order chi connectivity index (χ1) is 6.77. The molecule has 2 rings (SSSR count). The number of rotatable bonds is 2. The number of guanidine groups is 1. The van der Waals surface area contributed by atoms with Crippen molar-refractivity contribution in [3.8, 4) is 0 Å². The summed E-state index contributed by atoms with van der Waals surface area (Å²) < 4.78 is 0. The van der Waals surface area contributed by atoms with E-state index in [-0.39, 0.29) is 6.10 Å². The first-order valence-corrected chi connectivity index (χ1v) is 5.50. The zero-order valence-electron chi connectivity index (χ0n) is 8.82. The van der Waals surface area contributed by atoms with Crippen molar-refractivity contribution in [1.82, 2.24) is 9.80 Å². The van der Waals surface area contributed by atoms with Crippen LogP contribution in [0.2, 0.25) is 0 Å². The number of nitrogens with zero attached hydrogens (tertiary/aromatic N) is 3. The summed E-state index contributed by atoms with van der Waals surface area (Å²) in [6.07, 6.45) is 2.09. The quantitative estimate of drug-likeness (QED) is 0.684. The molecule has 0 aliphatic carbocycles. The van der Waals surface area contributed by atoms with E-state index in [9.17, 15) is 5.11 Å². The molecule has 1 N–H and O–H groups in total. The van der Waals surface area contributed by atoms with E-state index < -0.39 is 0 Å². The van der Waals surface area contributed by atoms with Gasteiger partial charge in [0.05, 0.1) is 6.10 Å². The maximum absolute atomic E-state index is 9.38. The molecule has 0 bridgehead atoms. The summed E-state index contributed by atoms with van der Waals surface area (Å²) >= 11 is 0. The summed E-state index contributed by atoms with van der Waals surface area (Å²) in [5.74, 6) is 1.11. The Labute approximate surface area is 85.2 Å². The number of fused-ring (bicyclic) bond motifs is 1. The summed E-state index contributed by atoms with van der Waals surface area (Å²) in [4.78, 5) is 9.10. The second-order valence-electron chi connectivity index (χ2n) is 4.17. The van der Waals surface area contributed by atoms with Gasteiger partial charge >= 0.3 is 0 Å². The van der Waals surface area contributed by atoms with Gasteiger partial charge in [-0.3, -0.25) is 4.99 Å². The molecule has 0 spiro atoms. The maximum Gasteiger partial charge on any atom is 0.196 e. The Bertz CT molecular complexity index is 227. The Kier molecular flexibility index (Phi) is 2.91. The average molecular weight is 197 g/mol. The summed E-state index contributed by atoms with van der Waals surface area (Å²) in [6, 6.07) is 0. The zero-order chi connectivity index (χ0) is 9.97. The Morgan fingerprint density at radius 2 is 2.14 bits per heavy atom. The van der Waals surface area contributed by atoms with E-state index in [0.717, 1.165) is 38.7 Å². The van der Waals surface area contributed by atoms with Gasteiger partial charge in [0.2, 0.25) is 0 Å². The lowest BCUT2D eigenvalue weighted by molar-refractivity contribution is 0.137. The number of hydrogen-bond acceptors (Lipinski definition) is 4. The van der Waals surface area contributed by atoms with Gasteiger partial charge < -0.3 is 14.9 Å². The summed E-state index contributed by atoms with van der Waals surface area (Å²) in [5.41, 5.74) is 0. The second kappa shape index (κ2) is 4.17. The molecule has 1 fully saturated rings. The molecule has 1 unspecified atom stereocenters. The van der Waals surface area contributed by atoms with Crippen molar-refractivity contribution < 1.29 is 5.11 Å². The van der Waals surface area contributed by atoms with Crippen LogP contribution in [-0.4, -0.2) is 59.7 Å². The number of β-amino-alcohol motifs (C(OH)–C–C–N with tert-alkyl or cyclic N) is 1. The number of hydrogen-bond donors (Lipinski definition) is 1. The first kappa shape index (κ1) is 9.77. The standard InChI is InChI=1S/C10H19N3O/c1-9(14)8-13-7-3-6-12-5-2-4-11-10(12)13/h9,14H,2-8H2,1H3. The van der Waals surface area contributed by atoms with Crippen molar-refractivity contribution in [2.75, 3.05) is 32.7 Å². The van der Waals surface area contributed by atoms with Crippen LogP contribution in [0.3, 0.4) is 0 Å². The second-order valence-corrected chi connectivity index (χ2v) is 4.17. The highest BCUT2D eigenvalue weighted by atomic mass is 16.3. The van der Waals surface area contributed by atoms with Crippen molar-refractivity contribution >= 4 is 5.96 Å². The monoisotopic (exact) mass is 197 g/mol. The van der Waals surface area contributed by atoms with Gasteiger partial charge in [-0.15, -0.1) is 0 Å². The molecule has 2 aliphatic rings. The Morgan fingerprint density at radius 1 is 1.36 bits per heavy atom. The molecule has 0 amide bonds. The molecule has 0 saturated carbocycles. The van der Waals surface area contributed by atoms with Crippen molar-refractivity contribution in [2.24, 2.45) is 4.99 Å². The van der Waals surface area contributed by atoms with E-state index in [1.807, 2.05) is 6.92 Å². The molecule has 4 heteroatoms. The molecule has 80 valence electrons. The van der Waals surface area contributed by atoms with Gasteiger partial charge in [-0.2, -0.15) is 0 Å². The fourth-order valence-corrected chi connectivity index (χ4v) is 2.20. The van der Waals surface area contributed by atoms with Gasteiger partial charge in [0, 0.05) is 32.7 Å². The fraction of sp³-hybridized carbons (Fsp3) is 0.900. The minimum absolute atomic E-state index is 0.264. The van der Waals surface area contributed by atoms with E-state index in [1.54, 1.807) is 0 Å². The summed E-state index contributed by atoms with van der Waals surface area (Å²) in [6.45, 7) is 6.81. The number of aliphatic hydroxyl groups is 1. The minimum atomic E-state index is -0.264. The molecule has 0 aromatic rings. The molecule has 14 heavy (non-hydrogen) atoms. The normalized spacial score (nSPS) is 24.3. The fourth-order valence-electron chi connectivity index (χ4n) is 2.20. The molecular formula is C10H19N3O. The smallest absolute Gasteiger partial charge is 0.196 e. The van der Waals surface area contributed by atoms with Gasteiger partial charge in [0.1, 0.15) is 0 Å². The molecule has 4 nitrogen and oxygen atoms in total. The Hall–Kier alpha value is -0.770. The molecule has 2 aliphatic heterocycles. The topological polar surface area (TPSA) is 39.1 Å². The molecule has 1 saturated heterocycles. The van der Waals surface area contributed by atoms with Crippen molar-refractivity contribution in [3.05, 3.63) is 0 Å². The highest BCUT2D eigenvalue weighted by Crippen LogP contribution is 2.13. The van der Waals surface area contributed by atoms with E-state index in [4.69, 9.17) is 0 Å². The van der Waals surface area contributed by atoms with E-state index in [2.05, 4.69) is 14.8 Å². The van der Waals surface area contributed by atoms with E-state index >= 15 is 0 Å². The van der Waals surface area contributed by atoms with Crippen LogP contribution < -0.4 is 0 Å². The van der Waals surface area contributed by atoms with Crippen molar-refractivity contribution in [3.63, 3.8) is 0 Å². The highest BCUT2D eigenvalue weighted by Gasteiger charge is 2.25. The average Bonchev–Trinajstić information content (AvgIpc) is 2.18. The van der Waals surface area contributed by atoms with Gasteiger partial charge in [0.15, 0.2) is 5.96 Å². The molecule has 2 heterocycles. The maximum atomic E-state index is 9.38. The van der Waals surface area contributed by atoms with Gasteiger partial charge in [-0.25, -0.2) is 0 Å². The highest BCUT2D eigenvalue weighted by molar-refractivity contribution is 5.81. The van der Waals surface area contributed by atoms with E-state index in [0.29, 0.717) is 0 Å². The molecule has 0 aromatic carbocycles. The lowest BCUT2D eigenvalue weighted by Gasteiger charge is -2.41. The van der Waals surface area contributed by atoms with Crippen LogP contribution in [0, 0.1) is 0 Å². The summed E-state index contributed by atoms with van der Waals surface area (Å²) in [5, 5.41) is 9.38. The lowest BCUT2D eigenvalue weighted by Crippen LogP contribution is -2.53. The van der Waals surface area contributed by atoms with Crippen LogP contribution in [0.5, 0.6) is 0 Å². The zero-order valence-corrected chi connectivity index (χ0v) is 8.82.